The molecular formula is C14H24N4. The zero-order valence-electron chi connectivity index (χ0n) is 11.7. The van der Waals surface area contributed by atoms with Crippen LogP contribution in [0.2, 0.25) is 0 Å². The first-order valence-electron chi connectivity index (χ1n) is 7.04. The van der Waals surface area contributed by atoms with Gasteiger partial charge in [0.05, 0.1) is 0 Å². The molecule has 2 heterocycles. The van der Waals surface area contributed by atoms with E-state index in [-0.39, 0.29) is 0 Å². The van der Waals surface area contributed by atoms with E-state index in [2.05, 4.69) is 42.0 Å². The van der Waals surface area contributed by atoms with Gasteiger partial charge >= 0.3 is 0 Å². The molecule has 2 rings (SSSR count). The van der Waals surface area contributed by atoms with E-state index in [1.807, 2.05) is 0 Å². The molecule has 100 valence electrons. The number of nitrogens with zero attached hydrogens (tertiary/aromatic N) is 3. The molecule has 0 bridgehead atoms. The lowest BCUT2D eigenvalue weighted by Crippen LogP contribution is -2.29. The first kappa shape index (κ1) is 13.3. The van der Waals surface area contributed by atoms with Crippen LogP contribution in [0.25, 0.3) is 0 Å². The Bertz CT molecular complexity index is 381. The normalized spacial score (nSPS) is 17.0. The molecule has 1 aliphatic heterocycles. The van der Waals surface area contributed by atoms with Gasteiger partial charge in [-0.1, -0.05) is 20.8 Å². The van der Waals surface area contributed by atoms with E-state index in [1.54, 1.807) is 0 Å². The van der Waals surface area contributed by atoms with Gasteiger partial charge in [-0.05, 0) is 19.4 Å². The second-order valence-corrected chi connectivity index (χ2v) is 5.17. The highest BCUT2D eigenvalue weighted by atomic mass is 15.2. The summed E-state index contributed by atoms with van der Waals surface area (Å²) >= 11 is 0. The van der Waals surface area contributed by atoms with Gasteiger partial charge < -0.3 is 10.2 Å². The number of rotatable bonds is 3. The summed E-state index contributed by atoms with van der Waals surface area (Å²) in [5.74, 6) is 2.47. The third kappa shape index (κ3) is 3.19. The standard InChI is InChI=1S/C14H24N4/c1-4-12-10-13(17-14(16-12)11(2)3)18-8-5-6-15-7-9-18/h10-11,15H,4-9H2,1-3H3. The summed E-state index contributed by atoms with van der Waals surface area (Å²) in [6.45, 7) is 10.7. The molecule has 0 saturated carbocycles. The number of hydrogen-bond donors (Lipinski definition) is 1. The van der Waals surface area contributed by atoms with Crippen LogP contribution in [0, 0.1) is 0 Å². The monoisotopic (exact) mass is 248 g/mol. The Morgan fingerprint density at radius 3 is 2.83 bits per heavy atom. The molecule has 0 unspecified atom stereocenters. The van der Waals surface area contributed by atoms with Crippen LogP contribution in [-0.4, -0.2) is 36.1 Å². The van der Waals surface area contributed by atoms with Crippen molar-refractivity contribution in [3.63, 3.8) is 0 Å². The summed E-state index contributed by atoms with van der Waals surface area (Å²) in [5, 5.41) is 3.43. The van der Waals surface area contributed by atoms with Crippen LogP contribution < -0.4 is 10.2 Å². The molecule has 0 radical (unpaired) electrons. The average molecular weight is 248 g/mol. The van der Waals surface area contributed by atoms with E-state index in [9.17, 15) is 0 Å². The summed E-state index contributed by atoms with van der Waals surface area (Å²) in [6.07, 6.45) is 2.16. The van der Waals surface area contributed by atoms with Crippen LogP contribution in [-0.2, 0) is 6.42 Å². The van der Waals surface area contributed by atoms with Crippen LogP contribution >= 0.6 is 0 Å². The first-order valence-corrected chi connectivity index (χ1v) is 7.04. The van der Waals surface area contributed by atoms with Crippen LogP contribution in [0.1, 0.15) is 44.6 Å². The van der Waals surface area contributed by atoms with Crippen molar-refractivity contribution < 1.29 is 0 Å². The molecule has 0 amide bonds. The Kier molecular flexibility index (Phi) is 4.53. The topological polar surface area (TPSA) is 41.0 Å². The predicted molar refractivity (Wildman–Crippen MR) is 75.2 cm³/mol. The predicted octanol–water partition coefficient (Wildman–Crippen LogP) is 1.96. The Hall–Kier alpha value is -1.16. The van der Waals surface area contributed by atoms with Gasteiger partial charge in [0.1, 0.15) is 11.6 Å². The lowest BCUT2D eigenvalue weighted by Gasteiger charge is -2.22. The van der Waals surface area contributed by atoms with Gasteiger partial charge in [0.25, 0.3) is 0 Å². The molecule has 0 aromatic carbocycles. The molecule has 18 heavy (non-hydrogen) atoms. The molecule has 1 aliphatic rings. The summed E-state index contributed by atoms with van der Waals surface area (Å²) in [7, 11) is 0. The highest BCUT2D eigenvalue weighted by Gasteiger charge is 2.14. The second-order valence-electron chi connectivity index (χ2n) is 5.17. The number of aromatic nitrogens is 2. The minimum absolute atomic E-state index is 0.389. The number of nitrogens with one attached hydrogen (secondary N) is 1. The van der Waals surface area contributed by atoms with Crippen LogP contribution in [0.3, 0.4) is 0 Å². The molecule has 0 spiro atoms. The van der Waals surface area contributed by atoms with Gasteiger partial charge in [0.2, 0.25) is 0 Å². The number of aryl methyl sites for hydroxylation is 1. The number of anilines is 1. The van der Waals surface area contributed by atoms with Gasteiger partial charge in [0, 0.05) is 37.3 Å². The van der Waals surface area contributed by atoms with Crippen LogP contribution in [0.5, 0.6) is 0 Å². The summed E-state index contributed by atoms with van der Waals surface area (Å²) in [6, 6.07) is 2.15. The third-order valence-corrected chi connectivity index (χ3v) is 3.33. The smallest absolute Gasteiger partial charge is 0.133 e. The summed E-state index contributed by atoms with van der Waals surface area (Å²) < 4.78 is 0. The lowest BCUT2D eigenvalue weighted by atomic mass is 10.2. The average Bonchev–Trinajstić information content (AvgIpc) is 2.67. The second kappa shape index (κ2) is 6.14. The molecule has 0 aliphatic carbocycles. The van der Waals surface area contributed by atoms with Crippen molar-refractivity contribution in [2.24, 2.45) is 0 Å². The molecule has 4 heteroatoms. The molecule has 1 aromatic heterocycles. The Morgan fingerprint density at radius 2 is 2.11 bits per heavy atom. The van der Waals surface area contributed by atoms with Crippen molar-refractivity contribution >= 4 is 5.82 Å². The van der Waals surface area contributed by atoms with Crippen molar-refractivity contribution in [3.8, 4) is 0 Å². The highest BCUT2D eigenvalue weighted by Crippen LogP contribution is 2.18. The molecule has 1 aromatic rings. The van der Waals surface area contributed by atoms with Crippen molar-refractivity contribution in [1.82, 2.24) is 15.3 Å². The molecule has 1 saturated heterocycles. The lowest BCUT2D eigenvalue weighted by molar-refractivity contribution is 0.723. The fourth-order valence-electron chi connectivity index (χ4n) is 2.18. The minimum atomic E-state index is 0.389. The van der Waals surface area contributed by atoms with E-state index in [0.29, 0.717) is 5.92 Å². The molecular weight excluding hydrogens is 224 g/mol. The van der Waals surface area contributed by atoms with E-state index < -0.39 is 0 Å². The van der Waals surface area contributed by atoms with Crippen LogP contribution in [0.15, 0.2) is 6.07 Å². The van der Waals surface area contributed by atoms with Crippen molar-refractivity contribution in [3.05, 3.63) is 17.6 Å². The van der Waals surface area contributed by atoms with Crippen molar-refractivity contribution in [1.29, 1.82) is 0 Å². The first-order chi connectivity index (χ1) is 8.70. The van der Waals surface area contributed by atoms with Crippen LogP contribution in [0.4, 0.5) is 5.82 Å². The number of hydrogen-bond acceptors (Lipinski definition) is 4. The van der Waals surface area contributed by atoms with E-state index in [1.165, 1.54) is 6.42 Å². The summed E-state index contributed by atoms with van der Waals surface area (Å²) in [5.41, 5.74) is 1.15. The fourth-order valence-corrected chi connectivity index (χ4v) is 2.18. The van der Waals surface area contributed by atoms with Gasteiger partial charge in [0.15, 0.2) is 0 Å². The zero-order valence-corrected chi connectivity index (χ0v) is 11.7. The Morgan fingerprint density at radius 1 is 1.28 bits per heavy atom. The molecule has 1 fully saturated rings. The van der Waals surface area contributed by atoms with E-state index in [4.69, 9.17) is 4.98 Å². The third-order valence-electron chi connectivity index (χ3n) is 3.33. The maximum atomic E-state index is 4.73. The largest absolute Gasteiger partial charge is 0.355 e. The van der Waals surface area contributed by atoms with E-state index >= 15 is 0 Å². The summed E-state index contributed by atoms with van der Waals surface area (Å²) in [4.78, 5) is 11.7. The maximum Gasteiger partial charge on any atom is 0.133 e. The van der Waals surface area contributed by atoms with Gasteiger partial charge in [-0.2, -0.15) is 0 Å². The zero-order chi connectivity index (χ0) is 13.0. The minimum Gasteiger partial charge on any atom is -0.355 e. The van der Waals surface area contributed by atoms with E-state index in [0.717, 1.165) is 49.9 Å². The Balaban J connectivity index is 2.27. The maximum absolute atomic E-state index is 4.73. The van der Waals surface area contributed by atoms with Gasteiger partial charge in [-0.25, -0.2) is 9.97 Å². The van der Waals surface area contributed by atoms with Crippen molar-refractivity contribution in [2.45, 2.75) is 39.5 Å². The SMILES string of the molecule is CCc1cc(N2CCCNCC2)nc(C(C)C)n1. The highest BCUT2D eigenvalue weighted by molar-refractivity contribution is 5.40. The molecule has 0 atom stereocenters. The van der Waals surface area contributed by atoms with Gasteiger partial charge in [-0.15, -0.1) is 0 Å². The van der Waals surface area contributed by atoms with Gasteiger partial charge in [-0.3, -0.25) is 0 Å². The quantitative estimate of drug-likeness (QED) is 0.888. The van der Waals surface area contributed by atoms with Crippen molar-refractivity contribution in [2.75, 3.05) is 31.1 Å². The molecule has 1 N–H and O–H groups in total. The Labute approximate surface area is 110 Å². The fraction of sp³-hybridized carbons (Fsp3) is 0.714. The molecule has 4 nitrogen and oxygen atoms in total.